The highest BCUT2D eigenvalue weighted by Crippen LogP contribution is 2.39. The normalized spacial score (nSPS) is 13.4. The van der Waals surface area contributed by atoms with Crippen LogP contribution >= 0.6 is 0 Å². The lowest BCUT2D eigenvalue weighted by Crippen LogP contribution is -2.52. The molecule has 0 aliphatic carbocycles. The molecule has 0 saturated carbocycles. The maximum atomic E-state index is 12.0. The van der Waals surface area contributed by atoms with E-state index in [1.54, 1.807) is 12.1 Å². The summed E-state index contributed by atoms with van der Waals surface area (Å²) in [7, 11) is 0. The van der Waals surface area contributed by atoms with E-state index in [2.05, 4.69) is 59.4 Å². The highest BCUT2D eigenvalue weighted by molar-refractivity contribution is 5.95. The molecule has 10 nitrogen and oxygen atoms in total. The van der Waals surface area contributed by atoms with Gasteiger partial charge in [-0.05, 0) is 53.6 Å². The molecule has 3 atom stereocenters. The van der Waals surface area contributed by atoms with Gasteiger partial charge in [-0.25, -0.2) is 14.4 Å². The van der Waals surface area contributed by atoms with E-state index in [-0.39, 0.29) is 28.0 Å². The van der Waals surface area contributed by atoms with Crippen LogP contribution in [-0.2, 0) is 29.9 Å². The van der Waals surface area contributed by atoms with Crippen LogP contribution in [0.1, 0.15) is 91.9 Å². The predicted molar refractivity (Wildman–Crippen MR) is 161 cm³/mol. The lowest BCUT2D eigenvalue weighted by atomic mass is 9.78. The molecule has 0 radical (unpaired) electrons. The number of esters is 2. The van der Waals surface area contributed by atoms with Gasteiger partial charge in [0.2, 0.25) is 6.10 Å². The first-order valence-corrected chi connectivity index (χ1v) is 14.0. The summed E-state index contributed by atoms with van der Waals surface area (Å²) in [6.45, 7) is 15.0. The van der Waals surface area contributed by atoms with Crippen molar-refractivity contribution in [3.63, 3.8) is 0 Å². The van der Waals surface area contributed by atoms with Crippen molar-refractivity contribution in [1.29, 1.82) is 0 Å². The van der Waals surface area contributed by atoms with E-state index in [9.17, 15) is 34.5 Å². The van der Waals surface area contributed by atoms with Gasteiger partial charge >= 0.3 is 17.9 Å². The first kappa shape index (κ1) is 35.5. The largest absolute Gasteiger partial charge is 0.546 e. The van der Waals surface area contributed by atoms with Gasteiger partial charge in [0, 0.05) is 5.56 Å². The third-order valence-corrected chi connectivity index (χ3v) is 6.58. The number of benzene rings is 3. The minimum atomic E-state index is -2.33. The number of carboxylic acid groups (broad SMARTS) is 2. The zero-order valence-electron chi connectivity index (χ0n) is 26.1. The van der Waals surface area contributed by atoms with Crippen molar-refractivity contribution in [2.45, 2.75) is 77.5 Å². The molecule has 10 heteroatoms. The van der Waals surface area contributed by atoms with Crippen LogP contribution < -0.4 is 10.8 Å². The number of phenols is 1. The number of hydrogen-bond acceptors (Lipinski definition) is 8. The van der Waals surface area contributed by atoms with E-state index in [0.717, 1.165) is 11.1 Å². The van der Waals surface area contributed by atoms with Gasteiger partial charge < -0.3 is 35.3 Å². The molecule has 3 rings (SSSR count). The standard InChI is InChI=1S/C18H14O8.C16H27NO/c19-15(20)13(25-17(23)11-7-3-1-4-8-11)14(16(21)22)26-18(24)12-9-5-2-6-10-12;1-10(17)12-8-11(15(2,3)4)9-13(14(12)18)16(5,6)7/h1-10,13-14H,(H,19,20)(H,21,22);8-10,18H,17H2,1-7H3/t13-,14-;10-/m11/s1. The number of aromatic hydroxyl groups is 1. The van der Waals surface area contributed by atoms with E-state index in [1.807, 2.05) is 6.92 Å². The molecule has 0 amide bonds. The second kappa shape index (κ2) is 14.7. The van der Waals surface area contributed by atoms with Crippen molar-refractivity contribution in [1.82, 2.24) is 0 Å². The number of phenolic OH excluding ortho intramolecular Hbond substituents is 1. The maximum absolute atomic E-state index is 12.0. The van der Waals surface area contributed by atoms with E-state index < -0.39 is 36.1 Å². The number of quaternary nitrogens is 1. The van der Waals surface area contributed by atoms with Gasteiger partial charge in [0.05, 0.1) is 22.7 Å². The number of carbonyl (C=O) groups is 4. The molecule has 0 aliphatic rings. The van der Waals surface area contributed by atoms with E-state index in [1.165, 1.54) is 54.1 Å². The summed E-state index contributed by atoms with van der Waals surface area (Å²) in [5.74, 6) is -5.58. The van der Waals surface area contributed by atoms with Crippen LogP contribution in [0, 0.1) is 0 Å². The molecule has 236 valence electrons. The van der Waals surface area contributed by atoms with Crippen molar-refractivity contribution >= 4 is 23.9 Å². The number of hydrogen-bond donors (Lipinski definition) is 3. The zero-order valence-corrected chi connectivity index (χ0v) is 26.1. The molecular weight excluding hydrogens is 566 g/mol. The number of ether oxygens (including phenoxy) is 2. The Hall–Kier alpha value is -4.70. The van der Waals surface area contributed by atoms with Gasteiger partial charge in [-0.15, -0.1) is 0 Å². The van der Waals surface area contributed by atoms with E-state index >= 15 is 0 Å². The Balaban J connectivity index is 0.000000329. The fraction of sp³-hybridized carbons (Fsp3) is 0.353. The number of rotatable bonds is 8. The van der Waals surface area contributed by atoms with E-state index in [4.69, 9.17) is 9.47 Å². The number of carbonyl (C=O) groups excluding carboxylic acids is 3. The molecule has 0 unspecified atom stereocenters. The summed E-state index contributed by atoms with van der Waals surface area (Å²) in [5, 5.41) is 30.9. The summed E-state index contributed by atoms with van der Waals surface area (Å²) >= 11 is 0. The fourth-order valence-electron chi connectivity index (χ4n) is 4.03. The Bertz CT molecular complexity index is 1380. The monoisotopic (exact) mass is 607 g/mol. The molecule has 3 aromatic rings. The molecular formula is C34H41NO9. The average molecular weight is 608 g/mol. The molecule has 0 fully saturated rings. The van der Waals surface area contributed by atoms with Gasteiger partial charge in [-0.1, -0.05) is 84.0 Å². The maximum Gasteiger partial charge on any atom is 0.349 e. The third-order valence-electron chi connectivity index (χ3n) is 6.58. The second-order valence-electron chi connectivity index (χ2n) is 12.4. The number of carboxylic acids is 2. The van der Waals surface area contributed by atoms with Crippen LogP contribution in [0.5, 0.6) is 5.75 Å². The van der Waals surface area contributed by atoms with Crippen LogP contribution in [-0.4, -0.2) is 46.3 Å². The molecule has 0 aromatic heterocycles. The summed E-state index contributed by atoms with van der Waals surface area (Å²) in [6.07, 6.45) is -4.60. The Morgan fingerprint density at radius 3 is 1.52 bits per heavy atom. The zero-order chi connectivity index (χ0) is 33.4. The highest BCUT2D eigenvalue weighted by Gasteiger charge is 2.37. The number of aliphatic carboxylic acids is 2. The summed E-state index contributed by atoms with van der Waals surface area (Å²) in [5.41, 5.74) is 7.30. The topological polar surface area (TPSA) is 178 Å². The van der Waals surface area contributed by atoms with Crippen LogP contribution in [0.25, 0.3) is 0 Å². The molecule has 3 aromatic carbocycles. The third kappa shape index (κ3) is 9.67. The van der Waals surface area contributed by atoms with Crippen LogP contribution in [0.15, 0.2) is 72.8 Å². The quantitative estimate of drug-likeness (QED) is 0.323. The van der Waals surface area contributed by atoms with E-state index in [0.29, 0.717) is 5.75 Å². The lowest BCUT2D eigenvalue weighted by Gasteiger charge is -2.27. The lowest BCUT2D eigenvalue weighted by molar-refractivity contribution is -0.420. The Morgan fingerprint density at radius 1 is 0.750 bits per heavy atom. The van der Waals surface area contributed by atoms with Gasteiger partial charge in [-0.2, -0.15) is 0 Å². The SMILES string of the molecule is C[C@@H]([NH3+])c1cc(C(C)(C)C)cc(C(C)(C)C)c1O.O=C(O[C@@H](C(=O)[O-])[C@@H](OC(=O)c1ccccc1)C(=O)O)c1ccccc1. The van der Waals surface area contributed by atoms with Crippen molar-refractivity contribution in [2.24, 2.45) is 0 Å². The summed E-state index contributed by atoms with van der Waals surface area (Å²) < 4.78 is 9.42. The van der Waals surface area contributed by atoms with Crippen molar-refractivity contribution in [3.8, 4) is 5.75 Å². The first-order chi connectivity index (χ1) is 20.3. The Labute approximate surface area is 257 Å². The Kier molecular flexibility index (Phi) is 11.8. The summed E-state index contributed by atoms with van der Waals surface area (Å²) in [4.78, 5) is 46.7. The van der Waals surface area contributed by atoms with Gasteiger partial charge in [0.25, 0.3) is 0 Å². The first-order valence-electron chi connectivity index (χ1n) is 14.0. The smallest absolute Gasteiger partial charge is 0.349 e. The molecule has 5 N–H and O–H groups in total. The molecule has 44 heavy (non-hydrogen) atoms. The van der Waals surface area contributed by atoms with Crippen molar-refractivity contribution < 1.29 is 49.7 Å². The second-order valence-corrected chi connectivity index (χ2v) is 12.4. The molecule has 0 aliphatic heterocycles. The highest BCUT2D eigenvalue weighted by atomic mass is 16.6. The van der Waals surface area contributed by atoms with Gasteiger partial charge in [0.15, 0.2) is 6.10 Å². The van der Waals surface area contributed by atoms with Gasteiger partial charge in [0.1, 0.15) is 11.8 Å². The minimum absolute atomic E-state index is 0.00252. The van der Waals surface area contributed by atoms with Crippen LogP contribution in [0.3, 0.4) is 0 Å². The van der Waals surface area contributed by atoms with Crippen molar-refractivity contribution in [2.75, 3.05) is 0 Å². The van der Waals surface area contributed by atoms with Gasteiger partial charge in [-0.3, -0.25) is 0 Å². The average Bonchev–Trinajstić information content (AvgIpc) is 2.94. The van der Waals surface area contributed by atoms with Crippen molar-refractivity contribution in [3.05, 3.63) is 101 Å². The molecule has 0 spiro atoms. The molecule has 0 heterocycles. The van der Waals surface area contributed by atoms with Crippen LogP contribution in [0.4, 0.5) is 0 Å². The predicted octanol–water partition coefficient (Wildman–Crippen LogP) is 3.56. The summed E-state index contributed by atoms with van der Waals surface area (Å²) in [6, 6.07) is 19.0. The van der Waals surface area contributed by atoms with Crippen LogP contribution in [0.2, 0.25) is 0 Å². The fourth-order valence-corrected chi connectivity index (χ4v) is 4.03. The molecule has 0 saturated heterocycles. The Morgan fingerprint density at radius 2 is 1.18 bits per heavy atom. The molecule has 0 bridgehead atoms. The minimum Gasteiger partial charge on any atom is -0.546 e.